The first kappa shape index (κ1) is 15.8. The molecule has 6 heteroatoms. The number of carbonyl (C=O) groups is 2. The zero-order valence-corrected chi connectivity index (χ0v) is 13.1. The molecule has 2 heterocycles. The van der Waals surface area contributed by atoms with E-state index in [-0.39, 0.29) is 5.91 Å². The molecule has 0 bridgehead atoms. The fraction of sp³-hybridized carbons (Fsp3) is 0.529. The number of carbonyl (C=O) groups excluding carboxylic acids is 1. The van der Waals surface area contributed by atoms with Gasteiger partial charge in [-0.05, 0) is 18.4 Å². The Morgan fingerprint density at radius 1 is 0.957 bits per heavy atom. The predicted octanol–water partition coefficient (Wildman–Crippen LogP) is 1.56. The average molecular weight is 318 g/mol. The van der Waals surface area contributed by atoms with E-state index in [0.29, 0.717) is 52.2 Å². The fourth-order valence-corrected chi connectivity index (χ4v) is 3.53. The molecule has 3 rings (SSSR count). The number of nitrogens with zero attached hydrogens (tertiary/aromatic N) is 2. The van der Waals surface area contributed by atoms with Gasteiger partial charge in [0.1, 0.15) is 0 Å². The summed E-state index contributed by atoms with van der Waals surface area (Å²) in [6.45, 7) is 3.13. The van der Waals surface area contributed by atoms with Gasteiger partial charge < -0.3 is 19.6 Å². The number of carboxylic acid groups (broad SMARTS) is 1. The normalized spacial score (nSPS) is 21.0. The van der Waals surface area contributed by atoms with Crippen molar-refractivity contribution in [1.82, 2.24) is 9.80 Å². The second kappa shape index (κ2) is 6.58. The molecule has 2 amide bonds. The Bertz CT molecular complexity index is 561. The van der Waals surface area contributed by atoms with Crippen LogP contribution in [0.15, 0.2) is 30.3 Å². The Morgan fingerprint density at radius 3 is 2.13 bits per heavy atom. The van der Waals surface area contributed by atoms with Gasteiger partial charge in [0.25, 0.3) is 0 Å². The summed E-state index contributed by atoms with van der Waals surface area (Å²) in [5.74, 6) is 0.108. The van der Waals surface area contributed by atoms with Gasteiger partial charge in [0.15, 0.2) is 0 Å². The van der Waals surface area contributed by atoms with Gasteiger partial charge in [-0.3, -0.25) is 4.79 Å². The number of hydrogen-bond donors (Lipinski definition) is 1. The van der Waals surface area contributed by atoms with Crippen molar-refractivity contribution in [2.75, 3.05) is 39.4 Å². The van der Waals surface area contributed by atoms with Crippen LogP contribution in [0.2, 0.25) is 0 Å². The smallest absolute Gasteiger partial charge is 0.407 e. The Morgan fingerprint density at radius 2 is 1.57 bits per heavy atom. The van der Waals surface area contributed by atoms with Crippen molar-refractivity contribution in [2.24, 2.45) is 0 Å². The Kier molecular flexibility index (Phi) is 4.52. The number of ether oxygens (including phenoxy) is 1. The lowest BCUT2D eigenvalue weighted by atomic mass is 9.71. The molecule has 23 heavy (non-hydrogen) atoms. The molecule has 2 aliphatic rings. The van der Waals surface area contributed by atoms with Gasteiger partial charge in [0.2, 0.25) is 5.91 Å². The first-order chi connectivity index (χ1) is 11.1. The van der Waals surface area contributed by atoms with E-state index < -0.39 is 11.5 Å². The first-order valence-corrected chi connectivity index (χ1v) is 8.04. The first-order valence-electron chi connectivity index (χ1n) is 8.04. The minimum Gasteiger partial charge on any atom is -0.465 e. The zero-order chi connectivity index (χ0) is 16.3. The summed E-state index contributed by atoms with van der Waals surface area (Å²) in [5, 5.41) is 9.18. The fourth-order valence-electron chi connectivity index (χ4n) is 3.53. The maximum atomic E-state index is 13.3. The van der Waals surface area contributed by atoms with Crippen LogP contribution in [-0.4, -0.2) is 66.3 Å². The molecule has 124 valence electrons. The summed E-state index contributed by atoms with van der Waals surface area (Å²) < 4.78 is 5.34. The van der Waals surface area contributed by atoms with E-state index in [0.717, 1.165) is 5.56 Å². The van der Waals surface area contributed by atoms with Gasteiger partial charge in [0.05, 0.1) is 18.6 Å². The van der Waals surface area contributed by atoms with E-state index in [9.17, 15) is 14.7 Å². The zero-order valence-electron chi connectivity index (χ0n) is 13.1. The molecule has 0 aliphatic carbocycles. The minimum atomic E-state index is -0.912. The van der Waals surface area contributed by atoms with Crippen LogP contribution in [0, 0.1) is 0 Å². The van der Waals surface area contributed by atoms with Crippen molar-refractivity contribution in [2.45, 2.75) is 18.3 Å². The second-order valence-corrected chi connectivity index (χ2v) is 6.12. The molecule has 0 saturated carbocycles. The minimum absolute atomic E-state index is 0.108. The lowest BCUT2D eigenvalue weighted by Gasteiger charge is -2.43. The van der Waals surface area contributed by atoms with E-state index in [2.05, 4.69) is 0 Å². The van der Waals surface area contributed by atoms with Gasteiger partial charge in [-0.1, -0.05) is 30.3 Å². The number of benzene rings is 1. The Labute approximate surface area is 135 Å². The van der Waals surface area contributed by atoms with Crippen molar-refractivity contribution in [1.29, 1.82) is 0 Å². The molecular formula is C17H22N2O4. The van der Waals surface area contributed by atoms with Gasteiger partial charge in [-0.25, -0.2) is 4.79 Å². The monoisotopic (exact) mass is 318 g/mol. The van der Waals surface area contributed by atoms with Crippen molar-refractivity contribution >= 4 is 12.0 Å². The van der Waals surface area contributed by atoms with E-state index >= 15 is 0 Å². The van der Waals surface area contributed by atoms with Crippen molar-refractivity contribution in [3.63, 3.8) is 0 Å². The van der Waals surface area contributed by atoms with Crippen molar-refractivity contribution in [3.05, 3.63) is 35.9 Å². The molecular weight excluding hydrogens is 296 g/mol. The third kappa shape index (κ3) is 3.03. The van der Waals surface area contributed by atoms with Crippen LogP contribution in [0.5, 0.6) is 0 Å². The Balaban J connectivity index is 1.88. The maximum Gasteiger partial charge on any atom is 0.407 e. The second-order valence-electron chi connectivity index (χ2n) is 6.12. The quantitative estimate of drug-likeness (QED) is 0.898. The number of likely N-dealkylation sites (tertiary alicyclic amines) is 1. The Hall–Kier alpha value is -2.08. The van der Waals surface area contributed by atoms with Crippen LogP contribution in [0.3, 0.4) is 0 Å². The standard InChI is InChI=1S/C17H22N2O4/c20-15(18-10-12-23-13-11-18)17(14-4-2-1-3-5-14)6-8-19(9-7-17)16(21)22/h1-5H,6-13H2,(H,21,22). The molecule has 1 aromatic rings. The summed E-state index contributed by atoms with van der Waals surface area (Å²) in [6.07, 6.45) is 0.143. The van der Waals surface area contributed by atoms with E-state index in [1.54, 1.807) is 0 Å². The molecule has 1 aromatic carbocycles. The molecule has 2 fully saturated rings. The lowest BCUT2D eigenvalue weighted by Crippen LogP contribution is -2.55. The van der Waals surface area contributed by atoms with Gasteiger partial charge >= 0.3 is 6.09 Å². The number of amides is 2. The van der Waals surface area contributed by atoms with Crippen LogP contribution in [0.25, 0.3) is 0 Å². The molecule has 0 unspecified atom stereocenters. The highest BCUT2D eigenvalue weighted by molar-refractivity contribution is 5.89. The molecule has 2 aliphatic heterocycles. The van der Waals surface area contributed by atoms with E-state index in [1.165, 1.54) is 4.90 Å². The lowest BCUT2D eigenvalue weighted by molar-refractivity contribution is -0.143. The summed E-state index contributed by atoms with van der Waals surface area (Å²) in [6, 6.07) is 9.77. The summed E-state index contributed by atoms with van der Waals surface area (Å²) in [5.41, 5.74) is 0.367. The summed E-state index contributed by atoms with van der Waals surface area (Å²) in [4.78, 5) is 27.7. The number of rotatable bonds is 2. The number of hydrogen-bond acceptors (Lipinski definition) is 3. The average Bonchev–Trinajstić information content (AvgIpc) is 2.62. The summed E-state index contributed by atoms with van der Waals surface area (Å²) in [7, 11) is 0. The molecule has 1 N–H and O–H groups in total. The molecule has 6 nitrogen and oxygen atoms in total. The largest absolute Gasteiger partial charge is 0.465 e. The summed E-state index contributed by atoms with van der Waals surface area (Å²) >= 11 is 0. The van der Waals surface area contributed by atoms with Crippen molar-refractivity contribution < 1.29 is 19.4 Å². The van der Waals surface area contributed by atoms with E-state index in [1.807, 2.05) is 35.2 Å². The van der Waals surface area contributed by atoms with Gasteiger partial charge in [-0.2, -0.15) is 0 Å². The molecule has 2 saturated heterocycles. The topological polar surface area (TPSA) is 70.1 Å². The van der Waals surface area contributed by atoms with Crippen LogP contribution in [0.4, 0.5) is 4.79 Å². The molecule has 0 atom stereocenters. The third-order valence-electron chi connectivity index (χ3n) is 4.92. The van der Waals surface area contributed by atoms with Crippen LogP contribution < -0.4 is 0 Å². The van der Waals surface area contributed by atoms with Gasteiger partial charge in [0, 0.05) is 26.2 Å². The highest BCUT2D eigenvalue weighted by Gasteiger charge is 2.45. The van der Waals surface area contributed by atoms with Crippen LogP contribution >= 0.6 is 0 Å². The van der Waals surface area contributed by atoms with Crippen LogP contribution in [-0.2, 0) is 14.9 Å². The van der Waals surface area contributed by atoms with Crippen molar-refractivity contribution in [3.8, 4) is 0 Å². The molecule has 0 spiro atoms. The van der Waals surface area contributed by atoms with Crippen LogP contribution in [0.1, 0.15) is 18.4 Å². The SMILES string of the molecule is O=C(O)N1CCC(C(=O)N2CCOCC2)(c2ccccc2)CC1. The van der Waals surface area contributed by atoms with E-state index in [4.69, 9.17) is 4.74 Å². The number of morpholine rings is 1. The highest BCUT2D eigenvalue weighted by Crippen LogP contribution is 2.37. The number of piperidine rings is 1. The molecule has 0 aromatic heterocycles. The molecule has 0 radical (unpaired) electrons. The third-order valence-corrected chi connectivity index (χ3v) is 4.92. The highest BCUT2D eigenvalue weighted by atomic mass is 16.5. The van der Waals surface area contributed by atoms with Gasteiger partial charge in [-0.15, -0.1) is 0 Å². The predicted molar refractivity (Wildman–Crippen MR) is 84.4 cm³/mol. The maximum absolute atomic E-state index is 13.3.